The van der Waals surface area contributed by atoms with E-state index >= 15 is 0 Å². The first kappa shape index (κ1) is 9.51. The maximum Gasteiger partial charge on any atom is 0.328 e. The number of halogens is 1. The van der Waals surface area contributed by atoms with Crippen molar-refractivity contribution in [1.29, 1.82) is 0 Å². The molecule has 0 spiro atoms. The zero-order chi connectivity index (χ0) is 10.8. The second kappa shape index (κ2) is 3.61. The van der Waals surface area contributed by atoms with Gasteiger partial charge in [0, 0.05) is 0 Å². The largest absolute Gasteiger partial charge is 0.493 e. The van der Waals surface area contributed by atoms with Crippen LogP contribution in [0.3, 0.4) is 0 Å². The Morgan fingerprint density at radius 1 is 1.33 bits per heavy atom. The molecule has 15 heavy (non-hydrogen) atoms. The summed E-state index contributed by atoms with van der Waals surface area (Å²) >= 11 is 0. The molecule has 1 aromatic heterocycles. The van der Waals surface area contributed by atoms with E-state index < -0.39 is 5.69 Å². The maximum absolute atomic E-state index is 12.6. The van der Waals surface area contributed by atoms with Crippen LogP contribution in [0.4, 0.5) is 4.39 Å². The highest BCUT2D eigenvalue weighted by Crippen LogP contribution is 2.08. The number of benzene rings is 1. The number of aromatic nitrogens is 2. The Kier molecular flexibility index (Phi) is 2.29. The van der Waals surface area contributed by atoms with Crippen LogP contribution in [0, 0.1) is 5.82 Å². The minimum absolute atomic E-state index is 0.135. The lowest BCUT2D eigenvalue weighted by Crippen LogP contribution is -2.17. The number of H-pyrrole nitrogens is 1. The Morgan fingerprint density at radius 2 is 2.00 bits per heavy atom. The van der Waals surface area contributed by atoms with Gasteiger partial charge in [-0.15, -0.1) is 0 Å². The van der Waals surface area contributed by atoms with Crippen molar-refractivity contribution in [2.24, 2.45) is 0 Å². The Balaban J connectivity index is 2.29. The van der Waals surface area contributed by atoms with E-state index in [0.717, 1.165) is 10.1 Å². The van der Waals surface area contributed by atoms with E-state index in [0.29, 0.717) is 0 Å². The first-order valence-electron chi connectivity index (χ1n) is 4.38. The van der Waals surface area contributed by atoms with Crippen LogP contribution in [-0.4, -0.2) is 14.7 Å². The number of nitrogens with zero attached hydrogens (tertiary/aromatic N) is 1. The predicted octanol–water partition coefficient (Wildman–Crippen LogP) is 1.07. The summed E-state index contributed by atoms with van der Waals surface area (Å²) in [6.45, 7) is 0.217. The van der Waals surface area contributed by atoms with E-state index in [1.54, 1.807) is 12.1 Å². The summed E-state index contributed by atoms with van der Waals surface area (Å²) < 4.78 is 13.8. The molecule has 2 N–H and O–H groups in total. The van der Waals surface area contributed by atoms with Gasteiger partial charge >= 0.3 is 5.69 Å². The lowest BCUT2D eigenvalue weighted by Gasteiger charge is -2.02. The molecule has 0 amide bonds. The molecule has 0 bridgehead atoms. The maximum atomic E-state index is 12.6. The van der Waals surface area contributed by atoms with Crippen molar-refractivity contribution in [1.82, 2.24) is 9.55 Å². The van der Waals surface area contributed by atoms with Crippen molar-refractivity contribution in [2.75, 3.05) is 0 Å². The summed E-state index contributed by atoms with van der Waals surface area (Å²) in [4.78, 5) is 13.5. The van der Waals surface area contributed by atoms with Gasteiger partial charge in [-0.3, -0.25) is 4.57 Å². The molecule has 1 aromatic carbocycles. The third kappa shape index (κ3) is 1.90. The summed E-state index contributed by atoms with van der Waals surface area (Å²) in [7, 11) is 0. The summed E-state index contributed by atoms with van der Waals surface area (Å²) in [6, 6.07) is 5.75. The lowest BCUT2D eigenvalue weighted by molar-refractivity contribution is 0.421. The van der Waals surface area contributed by atoms with Gasteiger partial charge in [-0.2, -0.15) is 0 Å². The molecule has 0 saturated heterocycles. The fourth-order valence-electron chi connectivity index (χ4n) is 1.31. The molecular weight excluding hydrogens is 199 g/mol. The highest BCUT2D eigenvalue weighted by atomic mass is 19.1. The van der Waals surface area contributed by atoms with Gasteiger partial charge in [0.25, 0.3) is 0 Å². The highest BCUT2D eigenvalue weighted by molar-refractivity contribution is 5.18. The standard InChI is InChI=1S/C10H9FN2O2/c11-8-3-1-7(2-4-8)6-13-9(14)5-12-10(13)15/h1-5,14H,6H2,(H,12,15). The van der Waals surface area contributed by atoms with Crippen molar-refractivity contribution >= 4 is 0 Å². The summed E-state index contributed by atoms with van der Waals surface area (Å²) in [5, 5.41) is 9.30. The smallest absolute Gasteiger partial charge is 0.328 e. The molecule has 0 atom stereocenters. The van der Waals surface area contributed by atoms with E-state index in [-0.39, 0.29) is 18.2 Å². The van der Waals surface area contributed by atoms with E-state index in [2.05, 4.69) is 4.98 Å². The van der Waals surface area contributed by atoms with Crippen LogP contribution in [0.1, 0.15) is 5.56 Å². The second-order valence-electron chi connectivity index (χ2n) is 3.16. The molecule has 0 aliphatic rings. The van der Waals surface area contributed by atoms with Gasteiger partial charge < -0.3 is 10.1 Å². The average Bonchev–Trinajstić information content (AvgIpc) is 2.53. The molecular formula is C10H9FN2O2. The molecule has 0 aliphatic heterocycles. The van der Waals surface area contributed by atoms with Crippen molar-refractivity contribution in [2.45, 2.75) is 6.54 Å². The fourth-order valence-corrected chi connectivity index (χ4v) is 1.31. The van der Waals surface area contributed by atoms with Crippen molar-refractivity contribution in [3.8, 4) is 5.88 Å². The molecule has 4 nitrogen and oxygen atoms in total. The van der Waals surface area contributed by atoms with E-state index in [1.165, 1.54) is 18.3 Å². The Hall–Kier alpha value is -2.04. The van der Waals surface area contributed by atoms with Crippen LogP contribution in [0.15, 0.2) is 35.3 Å². The zero-order valence-electron chi connectivity index (χ0n) is 7.77. The number of hydrogen-bond donors (Lipinski definition) is 2. The first-order valence-corrected chi connectivity index (χ1v) is 4.38. The lowest BCUT2D eigenvalue weighted by atomic mass is 10.2. The number of imidazole rings is 1. The minimum Gasteiger partial charge on any atom is -0.493 e. The second-order valence-corrected chi connectivity index (χ2v) is 3.16. The van der Waals surface area contributed by atoms with Gasteiger partial charge in [-0.05, 0) is 17.7 Å². The minimum atomic E-state index is -0.392. The molecule has 0 fully saturated rings. The Morgan fingerprint density at radius 3 is 2.53 bits per heavy atom. The monoisotopic (exact) mass is 208 g/mol. The van der Waals surface area contributed by atoms with Crippen LogP contribution in [-0.2, 0) is 6.54 Å². The molecule has 0 unspecified atom stereocenters. The molecule has 2 rings (SSSR count). The third-order valence-electron chi connectivity index (χ3n) is 2.10. The summed E-state index contributed by atoms with van der Waals surface area (Å²) in [5.41, 5.74) is 0.352. The topological polar surface area (TPSA) is 58.0 Å². The van der Waals surface area contributed by atoms with Crippen LogP contribution in [0.2, 0.25) is 0 Å². The van der Waals surface area contributed by atoms with Gasteiger partial charge in [-0.1, -0.05) is 12.1 Å². The number of nitrogens with one attached hydrogen (secondary N) is 1. The SMILES string of the molecule is O=c1[nH]cc(O)n1Cc1ccc(F)cc1. The van der Waals surface area contributed by atoms with Crippen LogP contribution >= 0.6 is 0 Å². The molecule has 2 aromatic rings. The summed E-state index contributed by atoms with van der Waals surface area (Å²) in [6.07, 6.45) is 1.21. The van der Waals surface area contributed by atoms with Crippen molar-refractivity contribution in [3.63, 3.8) is 0 Å². The average molecular weight is 208 g/mol. The highest BCUT2D eigenvalue weighted by Gasteiger charge is 2.04. The molecule has 0 aliphatic carbocycles. The molecule has 0 radical (unpaired) electrons. The molecule has 0 saturated carbocycles. The van der Waals surface area contributed by atoms with Gasteiger partial charge in [0.05, 0.1) is 12.7 Å². The Labute approximate surface area is 84.6 Å². The molecule has 5 heteroatoms. The fraction of sp³-hybridized carbons (Fsp3) is 0.100. The Bertz CT molecular complexity index is 513. The van der Waals surface area contributed by atoms with Crippen molar-refractivity contribution < 1.29 is 9.50 Å². The number of rotatable bonds is 2. The zero-order valence-corrected chi connectivity index (χ0v) is 7.77. The first-order chi connectivity index (χ1) is 7.16. The predicted molar refractivity (Wildman–Crippen MR) is 52.2 cm³/mol. The van der Waals surface area contributed by atoms with Gasteiger partial charge in [0.15, 0.2) is 0 Å². The van der Waals surface area contributed by atoms with Crippen LogP contribution in [0.5, 0.6) is 5.88 Å². The van der Waals surface area contributed by atoms with Gasteiger partial charge in [0.1, 0.15) is 5.82 Å². The number of aromatic amines is 1. The quantitative estimate of drug-likeness (QED) is 0.775. The number of aromatic hydroxyl groups is 1. The van der Waals surface area contributed by atoms with E-state index in [1.807, 2.05) is 0 Å². The van der Waals surface area contributed by atoms with Gasteiger partial charge in [-0.25, -0.2) is 9.18 Å². The van der Waals surface area contributed by atoms with Crippen LogP contribution < -0.4 is 5.69 Å². The number of hydrogen-bond acceptors (Lipinski definition) is 2. The van der Waals surface area contributed by atoms with Crippen LogP contribution in [0.25, 0.3) is 0 Å². The van der Waals surface area contributed by atoms with Gasteiger partial charge in [0.2, 0.25) is 5.88 Å². The third-order valence-corrected chi connectivity index (χ3v) is 2.10. The van der Waals surface area contributed by atoms with E-state index in [4.69, 9.17) is 0 Å². The van der Waals surface area contributed by atoms with E-state index in [9.17, 15) is 14.3 Å². The normalized spacial score (nSPS) is 10.5. The molecule has 78 valence electrons. The summed E-state index contributed by atoms with van der Waals surface area (Å²) in [5.74, 6) is -0.464. The molecule has 1 heterocycles. The van der Waals surface area contributed by atoms with Crippen molar-refractivity contribution in [3.05, 3.63) is 52.3 Å².